The molecule has 0 spiro atoms. The zero-order chi connectivity index (χ0) is 25.1. The minimum atomic E-state index is -0.203. The number of nitrogens with one attached hydrogen (secondary N) is 3. The lowest BCUT2D eigenvalue weighted by Gasteiger charge is -2.23. The average Bonchev–Trinajstić information content (AvgIpc) is 3.30. The second-order valence-electron chi connectivity index (χ2n) is 9.57. The maximum Gasteiger partial charge on any atom is 0.255 e. The van der Waals surface area contributed by atoms with Gasteiger partial charge >= 0.3 is 0 Å². The first-order valence-corrected chi connectivity index (χ1v) is 12.5. The van der Waals surface area contributed by atoms with E-state index in [2.05, 4.69) is 39.3 Å². The van der Waals surface area contributed by atoms with Crippen molar-refractivity contribution in [2.45, 2.75) is 58.0 Å². The van der Waals surface area contributed by atoms with Crippen molar-refractivity contribution in [3.63, 3.8) is 0 Å². The van der Waals surface area contributed by atoms with Gasteiger partial charge in [-0.2, -0.15) is 9.97 Å². The first-order chi connectivity index (χ1) is 17.5. The van der Waals surface area contributed by atoms with Gasteiger partial charge in [-0.05, 0) is 69.2 Å². The fraction of sp³-hybridized carbons (Fsp3) is 0.333. The predicted molar refractivity (Wildman–Crippen MR) is 145 cm³/mol. The third kappa shape index (κ3) is 5.25. The number of aromatic nitrogens is 4. The monoisotopic (exact) mass is 484 g/mol. The Morgan fingerprint density at radius 3 is 2.53 bits per heavy atom. The lowest BCUT2D eigenvalue weighted by atomic mass is 9.96. The highest BCUT2D eigenvalue weighted by molar-refractivity contribution is 6.04. The highest BCUT2D eigenvalue weighted by Crippen LogP contribution is 2.28. The van der Waals surface area contributed by atoms with Crippen molar-refractivity contribution in [1.82, 2.24) is 19.5 Å². The molecule has 9 heteroatoms. The van der Waals surface area contributed by atoms with Gasteiger partial charge in [-0.15, -0.1) is 0 Å². The van der Waals surface area contributed by atoms with Crippen LogP contribution in [0.3, 0.4) is 0 Å². The lowest BCUT2D eigenvalue weighted by molar-refractivity contribution is 0.102. The molecule has 0 atom stereocenters. The van der Waals surface area contributed by atoms with Crippen LogP contribution in [0, 0.1) is 0 Å². The molecule has 5 N–H and O–H groups in total. The number of rotatable bonds is 7. The first-order valence-electron chi connectivity index (χ1n) is 12.5. The third-order valence-corrected chi connectivity index (χ3v) is 6.47. The van der Waals surface area contributed by atoms with E-state index in [0.29, 0.717) is 40.3 Å². The number of nitrogens with two attached hydrogens (primary N) is 1. The van der Waals surface area contributed by atoms with E-state index in [1.807, 2.05) is 30.6 Å². The minimum Gasteiger partial charge on any atom is -0.399 e. The number of nitrogen functional groups attached to an aromatic ring is 1. The Morgan fingerprint density at radius 1 is 1.03 bits per heavy atom. The maximum atomic E-state index is 12.7. The standard InChI is InChI=1S/C27H32N8O/c1-17(2)35-16-29-23-24(33-27(34-25(23)35)32-20-7-4-3-5-8-20)30-21-9-6-10-22(15-21)31-26(36)18-11-13-19(28)14-12-18/h6,9-17,20H,3-5,7-8,28H2,1-2H3,(H,31,36)(H2,30,32,33,34). The van der Waals surface area contributed by atoms with Gasteiger partial charge in [0.25, 0.3) is 5.91 Å². The number of nitrogens with zero attached hydrogens (tertiary/aromatic N) is 4. The van der Waals surface area contributed by atoms with Gasteiger partial charge in [0.05, 0.1) is 6.33 Å². The van der Waals surface area contributed by atoms with E-state index >= 15 is 0 Å². The molecular weight excluding hydrogens is 452 g/mol. The highest BCUT2D eigenvalue weighted by atomic mass is 16.1. The molecule has 1 aliphatic carbocycles. The second kappa shape index (κ2) is 10.2. The van der Waals surface area contributed by atoms with Crippen LogP contribution in [0.25, 0.3) is 11.2 Å². The van der Waals surface area contributed by atoms with Gasteiger partial charge in [0, 0.05) is 34.7 Å². The molecule has 2 aromatic heterocycles. The third-order valence-electron chi connectivity index (χ3n) is 6.47. The van der Waals surface area contributed by atoms with E-state index in [4.69, 9.17) is 15.7 Å². The van der Waals surface area contributed by atoms with E-state index < -0.39 is 0 Å². The van der Waals surface area contributed by atoms with E-state index in [-0.39, 0.29) is 11.9 Å². The fourth-order valence-corrected chi connectivity index (χ4v) is 4.52. The molecule has 0 radical (unpaired) electrons. The lowest BCUT2D eigenvalue weighted by Crippen LogP contribution is -2.23. The molecule has 4 aromatic rings. The summed E-state index contributed by atoms with van der Waals surface area (Å²) in [5.41, 5.74) is 9.83. The largest absolute Gasteiger partial charge is 0.399 e. The minimum absolute atomic E-state index is 0.203. The molecule has 0 bridgehead atoms. The summed E-state index contributed by atoms with van der Waals surface area (Å²) in [7, 11) is 0. The topological polar surface area (TPSA) is 123 Å². The molecule has 0 saturated heterocycles. The van der Waals surface area contributed by atoms with Crippen LogP contribution >= 0.6 is 0 Å². The van der Waals surface area contributed by atoms with Crippen LogP contribution < -0.4 is 21.7 Å². The van der Waals surface area contributed by atoms with Crippen LogP contribution in [0.4, 0.5) is 28.8 Å². The molecule has 36 heavy (non-hydrogen) atoms. The SMILES string of the molecule is CC(C)n1cnc2c(Nc3cccc(NC(=O)c4ccc(N)cc4)c3)nc(NC3CCCCC3)nc21. The molecule has 1 fully saturated rings. The van der Waals surface area contributed by atoms with Gasteiger partial charge in [-0.3, -0.25) is 4.79 Å². The molecule has 0 unspecified atom stereocenters. The number of imidazole rings is 1. The molecule has 2 heterocycles. The van der Waals surface area contributed by atoms with Crippen LogP contribution in [0.2, 0.25) is 0 Å². The van der Waals surface area contributed by atoms with E-state index in [9.17, 15) is 4.79 Å². The number of hydrogen-bond acceptors (Lipinski definition) is 7. The molecule has 9 nitrogen and oxygen atoms in total. The number of hydrogen-bond donors (Lipinski definition) is 4. The Kier molecular flexibility index (Phi) is 6.71. The molecular formula is C27H32N8O. The molecule has 0 aliphatic heterocycles. The zero-order valence-corrected chi connectivity index (χ0v) is 20.7. The summed E-state index contributed by atoms with van der Waals surface area (Å²) in [6, 6.07) is 15.0. The summed E-state index contributed by atoms with van der Waals surface area (Å²) >= 11 is 0. The van der Waals surface area contributed by atoms with Crippen LogP contribution in [-0.4, -0.2) is 31.5 Å². The Hall–Kier alpha value is -4.14. The molecule has 2 aromatic carbocycles. The number of fused-ring (bicyclic) bond motifs is 1. The van der Waals surface area contributed by atoms with Gasteiger partial charge in [-0.1, -0.05) is 25.3 Å². The average molecular weight is 485 g/mol. The number of carbonyl (C=O) groups is 1. The molecule has 1 aliphatic rings. The van der Waals surface area contributed by atoms with Gasteiger partial charge in [0.2, 0.25) is 5.95 Å². The number of amides is 1. The fourth-order valence-electron chi connectivity index (χ4n) is 4.52. The van der Waals surface area contributed by atoms with Crippen molar-refractivity contribution in [3.8, 4) is 0 Å². The Labute approximate surface area is 210 Å². The molecule has 1 saturated carbocycles. The Bertz CT molecular complexity index is 1360. The van der Waals surface area contributed by atoms with Crippen LogP contribution in [0.1, 0.15) is 62.4 Å². The molecule has 1 amide bonds. The highest BCUT2D eigenvalue weighted by Gasteiger charge is 2.19. The summed E-state index contributed by atoms with van der Waals surface area (Å²) in [5, 5.41) is 9.89. The van der Waals surface area contributed by atoms with Crippen LogP contribution in [0.15, 0.2) is 54.9 Å². The summed E-state index contributed by atoms with van der Waals surface area (Å²) < 4.78 is 2.05. The van der Waals surface area contributed by atoms with Crippen molar-refractivity contribution in [3.05, 3.63) is 60.4 Å². The first kappa shape index (κ1) is 23.6. The van der Waals surface area contributed by atoms with Gasteiger partial charge < -0.3 is 26.3 Å². The van der Waals surface area contributed by atoms with E-state index in [0.717, 1.165) is 24.2 Å². The Balaban J connectivity index is 1.41. The summed E-state index contributed by atoms with van der Waals surface area (Å²) in [5.74, 6) is 1.03. The number of benzene rings is 2. The predicted octanol–water partition coefficient (Wildman–Crippen LogP) is 5.73. The molecule has 5 rings (SSSR count). The smallest absolute Gasteiger partial charge is 0.255 e. The van der Waals surface area contributed by atoms with Gasteiger partial charge in [-0.25, -0.2) is 4.98 Å². The van der Waals surface area contributed by atoms with Gasteiger partial charge in [0.1, 0.15) is 0 Å². The quantitative estimate of drug-likeness (QED) is 0.247. The van der Waals surface area contributed by atoms with Gasteiger partial charge in [0.15, 0.2) is 17.0 Å². The normalized spacial score (nSPS) is 14.2. The summed E-state index contributed by atoms with van der Waals surface area (Å²) in [6.07, 6.45) is 7.80. The van der Waals surface area contributed by atoms with E-state index in [1.54, 1.807) is 24.3 Å². The zero-order valence-electron chi connectivity index (χ0n) is 20.7. The number of anilines is 5. The molecule has 186 valence electrons. The van der Waals surface area contributed by atoms with Crippen LogP contribution in [0.5, 0.6) is 0 Å². The van der Waals surface area contributed by atoms with Crippen molar-refractivity contribution in [2.75, 3.05) is 21.7 Å². The maximum absolute atomic E-state index is 12.7. The summed E-state index contributed by atoms with van der Waals surface area (Å²) in [6.45, 7) is 4.22. The second-order valence-corrected chi connectivity index (χ2v) is 9.57. The van der Waals surface area contributed by atoms with Crippen molar-refractivity contribution in [1.29, 1.82) is 0 Å². The van der Waals surface area contributed by atoms with Crippen molar-refractivity contribution >= 4 is 45.9 Å². The van der Waals surface area contributed by atoms with Crippen LogP contribution in [-0.2, 0) is 0 Å². The van der Waals surface area contributed by atoms with Crippen molar-refractivity contribution in [2.24, 2.45) is 0 Å². The van der Waals surface area contributed by atoms with Crippen molar-refractivity contribution < 1.29 is 4.79 Å². The number of carbonyl (C=O) groups excluding carboxylic acids is 1. The van der Waals surface area contributed by atoms with E-state index in [1.165, 1.54) is 19.3 Å². The Morgan fingerprint density at radius 2 is 1.78 bits per heavy atom. The summed E-state index contributed by atoms with van der Waals surface area (Å²) in [4.78, 5) is 26.9.